The molecule has 1 saturated heterocycles. The van der Waals surface area contributed by atoms with Gasteiger partial charge in [0.1, 0.15) is 5.75 Å². The Morgan fingerprint density at radius 2 is 2.05 bits per heavy atom. The minimum atomic E-state index is -0.592. The molecule has 1 aliphatic rings. The third-order valence-corrected chi connectivity index (χ3v) is 3.02. The van der Waals surface area contributed by atoms with E-state index in [0.29, 0.717) is 24.7 Å². The largest absolute Gasteiger partial charge is 0.495 e. The van der Waals surface area contributed by atoms with Gasteiger partial charge in [-0.05, 0) is 19.9 Å². The number of benzene rings is 1. The van der Waals surface area contributed by atoms with Gasteiger partial charge < -0.3 is 19.5 Å². The Hall–Kier alpha value is -1.86. The van der Waals surface area contributed by atoms with E-state index in [1.165, 1.54) is 19.2 Å². The summed E-state index contributed by atoms with van der Waals surface area (Å²) in [4.78, 5) is 10.4. The molecule has 1 aliphatic heterocycles. The van der Waals surface area contributed by atoms with Gasteiger partial charge in [-0.15, -0.1) is 0 Å². The van der Waals surface area contributed by atoms with Crippen LogP contribution >= 0.6 is 0 Å². The highest BCUT2D eigenvalue weighted by molar-refractivity contribution is 5.62. The first-order chi connectivity index (χ1) is 9.41. The SMILES string of the molecule is COc1ccc([N+](=O)[O-])cc1NC1COC(C)(C)OC1. The fourth-order valence-corrected chi connectivity index (χ4v) is 1.92. The van der Waals surface area contributed by atoms with Crippen molar-refractivity contribution in [3.63, 3.8) is 0 Å². The number of ether oxygens (including phenoxy) is 3. The zero-order valence-corrected chi connectivity index (χ0v) is 11.7. The van der Waals surface area contributed by atoms with Crippen LogP contribution in [0.15, 0.2) is 18.2 Å². The fourth-order valence-electron chi connectivity index (χ4n) is 1.92. The number of rotatable bonds is 4. The van der Waals surface area contributed by atoms with E-state index in [2.05, 4.69) is 5.32 Å². The van der Waals surface area contributed by atoms with Crippen LogP contribution in [0.25, 0.3) is 0 Å². The maximum absolute atomic E-state index is 10.8. The van der Waals surface area contributed by atoms with Gasteiger partial charge >= 0.3 is 0 Å². The van der Waals surface area contributed by atoms with Crippen molar-refractivity contribution in [2.24, 2.45) is 0 Å². The summed E-state index contributed by atoms with van der Waals surface area (Å²) in [6.07, 6.45) is 0. The first-order valence-corrected chi connectivity index (χ1v) is 6.28. The van der Waals surface area contributed by atoms with Gasteiger partial charge in [0.2, 0.25) is 0 Å². The second-order valence-electron chi connectivity index (χ2n) is 5.00. The molecule has 0 radical (unpaired) electrons. The van der Waals surface area contributed by atoms with Gasteiger partial charge in [0, 0.05) is 12.1 Å². The third-order valence-electron chi connectivity index (χ3n) is 3.02. The molecule has 1 fully saturated rings. The van der Waals surface area contributed by atoms with Crippen molar-refractivity contribution in [3.8, 4) is 5.75 Å². The van der Waals surface area contributed by atoms with Crippen LogP contribution in [-0.2, 0) is 9.47 Å². The van der Waals surface area contributed by atoms with Crippen LogP contribution in [0.1, 0.15) is 13.8 Å². The lowest BCUT2D eigenvalue weighted by molar-refractivity contribution is -0.384. The van der Waals surface area contributed by atoms with Gasteiger partial charge in [-0.25, -0.2) is 0 Å². The van der Waals surface area contributed by atoms with Crippen LogP contribution in [0.3, 0.4) is 0 Å². The second kappa shape index (κ2) is 5.64. The molecule has 1 N–H and O–H groups in total. The first-order valence-electron chi connectivity index (χ1n) is 6.28. The zero-order chi connectivity index (χ0) is 14.8. The molecule has 0 bridgehead atoms. The number of anilines is 1. The summed E-state index contributed by atoms with van der Waals surface area (Å²) >= 11 is 0. The highest BCUT2D eigenvalue weighted by atomic mass is 16.7. The van der Waals surface area contributed by atoms with Crippen molar-refractivity contribution < 1.29 is 19.1 Å². The van der Waals surface area contributed by atoms with Crippen molar-refractivity contribution in [2.75, 3.05) is 25.6 Å². The number of methoxy groups -OCH3 is 1. The topological polar surface area (TPSA) is 82.9 Å². The Balaban J connectivity index is 2.12. The summed E-state index contributed by atoms with van der Waals surface area (Å²) in [6, 6.07) is 4.33. The average Bonchev–Trinajstić information content (AvgIpc) is 2.41. The van der Waals surface area contributed by atoms with Crippen LogP contribution in [-0.4, -0.2) is 37.1 Å². The highest BCUT2D eigenvalue weighted by Crippen LogP contribution is 2.30. The van der Waals surface area contributed by atoms with Gasteiger partial charge in [0.05, 0.1) is 37.0 Å². The van der Waals surface area contributed by atoms with Crippen molar-refractivity contribution in [1.29, 1.82) is 0 Å². The smallest absolute Gasteiger partial charge is 0.271 e. The van der Waals surface area contributed by atoms with Crippen LogP contribution < -0.4 is 10.1 Å². The molecule has 0 atom stereocenters. The Bertz CT molecular complexity index is 494. The number of hydrogen-bond acceptors (Lipinski definition) is 6. The third kappa shape index (κ3) is 3.37. The molecular formula is C13H18N2O5. The van der Waals surface area contributed by atoms with E-state index < -0.39 is 10.7 Å². The predicted molar refractivity (Wildman–Crippen MR) is 73.0 cm³/mol. The minimum Gasteiger partial charge on any atom is -0.495 e. The summed E-state index contributed by atoms with van der Waals surface area (Å²) in [5, 5.41) is 14.0. The van der Waals surface area contributed by atoms with Gasteiger partial charge in [0.15, 0.2) is 5.79 Å². The number of nitrogens with zero attached hydrogens (tertiary/aromatic N) is 1. The van der Waals surface area contributed by atoms with E-state index in [0.717, 1.165) is 0 Å². The van der Waals surface area contributed by atoms with E-state index >= 15 is 0 Å². The second-order valence-corrected chi connectivity index (χ2v) is 5.00. The van der Waals surface area contributed by atoms with Crippen molar-refractivity contribution in [3.05, 3.63) is 28.3 Å². The van der Waals surface area contributed by atoms with E-state index in [1.54, 1.807) is 6.07 Å². The predicted octanol–water partition coefficient (Wildman–Crippen LogP) is 2.17. The molecule has 0 saturated carbocycles. The fraction of sp³-hybridized carbons (Fsp3) is 0.538. The van der Waals surface area contributed by atoms with Crippen LogP contribution in [0, 0.1) is 10.1 Å². The van der Waals surface area contributed by atoms with Gasteiger partial charge in [-0.1, -0.05) is 0 Å². The summed E-state index contributed by atoms with van der Waals surface area (Å²) in [5.74, 6) is -0.0502. The molecular weight excluding hydrogens is 264 g/mol. The van der Waals surface area contributed by atoms with Crippen LogP contribution in [0.2, 0.25) is 0 Å². The quantitative estimate of drug-likeness (QED) is 0.673. The Labute approximate surface area is 117 Å². The molecule has 1 aromatic rings. The molecule has 0 amide bonds. The van der Waals surface area contributed by atoms with Crippen molar-refractivity contribution in [1.82, 2.24) is 0 Å². The first kappa shape index (κ1) is 14.5. The van der Waals surface area contributed by atoms with Gasteiger partial charge in [0.25, 0.3) is 5.69 Å². The maximum atomic E-state index is 10.8. The molecule has 110 valence electrons. The lowest BCUT2D eigenvalue weighted by Crippen LogP contribution is -2.45. The summed E-state index contributed by atoms with van der Waals surface area (Å²) in [6.45, 7) is 4.60. The molecule has 0 aromatic heterocycles. The number of nitrogens with one attached hydrogen (secondary N) is 1. The van der Waals surface area contributed by atoms with E-state index in [1.807, 2.05) is 13.8 Å². The normalized spacial score (nSPS) is 18.6. The van der Waals surface area contributed by atoms with E-state index in [-0.39, 0.29) is 11.7 Å². The summed E-state index contributed by atoms with van der Waals surface area (Å²) < 4.78 is 16.3. The number of hydrogen-bond donors (Lipinski definition) is 1. The maximum Gasteiger partial charge on any atom is 0.271 e. The molecule has 7 heteroatoms. The molecule has 1 heterocycles. The molecule has 0 spiro atoms. The highest BCUT2D eigenvalue weighted by Gasteiger charge is 2.28. The summed E-state index contributed by atoms with van der Waals surface area (Å²) in [7, 11) is 1.52. The molecule has 2 rings (SSSR count). The van der Waals surface area contributed by atoms with Crippen LogP contribution in [0.4, 0.5) is 11.4 Å². The van der Waals surface area contributed by atoms with Crippen LogP contribution in [0.5, 0.6) is 5.75 Å². The van der Waals surface area contributed by atoms with Gasteiger partial charge in [-0.3, -0.25) is 10.1 Å². The minimum absolute atomic E-state index is 0.00581. The van der Waals surface area contributed by atoms with E-state index in [9.17, 15) is 10.1 Å². The zero-order valence-electron chi connectivity index (χ0n) is 11.7. The number of nitro benzene ring substituents is 1. The average molecular weight is 282 g/mol. The summed E-state index contributed by atoms with van der Waals surface area (Å²) in [5.41, 5.74) is 0.560. The molecule has 0 aliphatic carbocycles. The Kier molecular flexibility index (Phi) is 4.10. The Morgan fingerprint density at radius 3 is 2.60 bits per heavy atom. The molecule has 7 nitrogen and oxygen atoms in total. The molecule has 1 aromatic carbocycles. The lowest BCUT2D eigenvalue weighted by atomic mass is 10.2. The van der Waals surface area contributed by atoms with Gasteiger partial charge in [-0.2, -0.15) is 0 Å². The lowest BCUT2D eigenvalue weighted by Gasteiger charge is -2.35. The number of nitro groups is 1. The van der Waals surface area contributed by atoms with E-state index in [4.69, 9.17) is 14.2 Å². The number of non-ortho nitro benzene ring substituents is 1. The van der Waals surface area contributed by atoms with Crippen molar-refractivity contribution >= 4 is 11.4 Å². The Morgan fingerprint density at radius 1 is 1.40 bits per heavy atom. The molecule has 0 unspecified atom stereocenters. The standard InChI is InChI=1S/C13H18N2O5/c1-13(2)19-7-9(8-20-13)14-11-6-10(15(16)17)4-5-12(11)18-3/h4-6,9,14H,7-8H2,1-3H3. The molecule has 20 heavy (non-hydrogen) atoms. The monoisotopic (exact) mass is 282 g/mol. The van der Waals surface area contributed by atoms with Crippen molar-refractivity contribution in [2.45, 2.75) is 25.7 Å².